The van der Waals surface area contributed by atoms with Gasteiger partial charge in [0, 0.05) is 11.1 Å². The van der Waals surface area contributed by atoms with Gasteiger partial charge in [-0.1, -0.05) is 84.9 Å². The van der Waals surface area contributed by atoms with Crippen LogP contribution in [0.15, 0.2) is 182 Å². The molecule has 0 spiro atoms. The van der Waals surface area contributed by atoms with Crippen LogP contribution in [-0.2, 0) is 0 Å². The Balaban J connectivity index is 1.07. The Kier molecular flexibility index (Phi) is 11.9. The normalized spacial score (nSPS) is 11.2. The summed E-state index contributed by atoms with van der Waals surface area (Å²) in [5.74, 6) is 0.351. The molecule has 0 saturated carbocycles. The van der Waals surface area contributed by atoms with E-state index in [2.05, 4.69) is 12.1 Å². The zero-order valence-electron chi connectivity index (χ0n) is 33.7. The standard InChI is InChI=1S/C54H38O8/c1-59-43-25-19-41(20-26-43)53(57)61-45-29-15-37(16-30-45)49(55)33-23-39-13-11-35-7-3-5-9-47(35)51(39)52-40(14-12-36-8-4-6-10-48(36)52)24-34-50(56)38-17-31-46(32-18-38)62-54(58)42-21-27-44(60-2)28-22-42/h3-34H,1-2H3/b33-23-,34-24-. The minimum absolute atomic E-state index is 0.234. The fourth-order valence-corrected chi connectivity index (χ4v) is 7.10. The molecule has 0 aliphatic heterocycles. The summed E-state index contributed by atoms with van der Waals surface area (Å²) in [4.78, 5) is 52.6. The number of esters is 2. The van der Waals surface area contributed by atoms with E-state index in [1.165, 1.54) is 12.2 Å². The van der Waals surface area contributed by atoms with Crippen molar-refractivity contribution >= 4 is 57.2 Å². The molecule has 0 bridgehead atoms. The monoisotopic (exact) mass is 814 g/mol. The summed E-state index contributed by atoms with van der Waals surface area (Å²) in [7, 11) is 3.10. The molecule has 0 saturated heterocycles. The Morgan fingerprint density at radius 2 is 0.710 bits per heavy atom. The van der Waals surface area contributed by atoms with Gasteiger partial charge in [-0.05, 0) is 153 Å². The molecule has 0 aromatic heterocycles. The predicted molar refractivity (Wildman–Crippen MR) is 242 cm³/mol. The van der Waals surface area contributed by atoms with Crippen LogP contribution in [0.2, 0.25) is 0 Å². The van der Waals surface area contributed by atoms with Crippen LogP contribution in [0, 0.1) is 0 Å². The highest BCUT2D eigenvalue weighted by molar-refractivity contribution is 6.14. The molecule has 302 valence electrons. The van der Waals surface area contributed by atoms with Crippen LogP contribution in [0.1, 0.15) is 52.6 Å². The Bertz CT molecular complexity index is 2810. The van der Waals surface area contributed by atoms with Gasteiger partial charge in [0.1, 0.15) is 23.0 Å². The number of fused-ring (bicyclic) bond motifs is 2. The number of hydrogen-bond acceptors (Lipinski definition) is 8. The van der Waals surface area contributed by atoms with Crippen LogP contribution >= 0.6 is 0 Å². The van der Waals surface area contributed by atoms with E-state index in [4.69, 9.17) is 18.9 Å². The summed E-state index contributed by atoms with van der Waals surface area (Å²) in [6, 6.07) is 50.2. The van der Waals surface area contributed by atoms with E-state index in [1.54, 1.807) is 111 Å². The zero-order chi connectivity index (χ0) is 43.0. The first kappa shape index (κ1) is 40.4. The Morgan fingerprint density at radius 3 is 1.08 bits per heavy atom. The first-order valence-corrected chi connectivity index (χ1v) is 19.7. The number of allylic oxidation sites excluding steroid dienone is 2. The van der Waals surface area contributed by atoms with Crippen molar-refractivity contribution in [1.29, 1.82) is 0 Å². The fraction of sp³-hybridized carbons (Fsp3) is 0.0370. The molecule has 8 heteroatoms. The number of ether oxygens (including phenoxy) is 4. The van der Waals surface area contributed by atoms with E-state index in [9.17, 15) is 19.2 Å². The molecule has 8 aromatic rings. The summed E-state index contributed by atoms with van der Waals surface area (Å²) in [6.45, 7) is 0. The van der Waals surface area contributed by atoms with Crippen LogP contribution in [0.4, 0.5) is 0 Å². The number of methoxy groups -OCH3 is 2. The van der Waals surface area contributed by atoms with E-state index in [-0.39, 0.29) is 11.6 Å². The maximum absolute atomic E-state index is 13.6. The maximum Gasteiger partial charge on any atom is 0.343 e. The lowest BCUT2D eigenvalue weighted by atomic mass is 9.86. The quantitative estimate of drug-likeness (QED) is 0.0490. The second-order valence-corrected chi connectivity index (χ2v) is 14.2. The second kappa shape index (κ2) is 18.3. The minimum atomic E-state index is -0.525. The van der Waals surface area contributed by atoms with Crippen LogP contribution in [-0.4, -0.2) is 37.7 Å². The molecule has 8 aromatic carbocycles. The minimum Gasteiger partial charge on any atom is -0.497 e. The number of carbonyl (C=O) groups excluding carboxylic acids is 4. The molecule has 8 nitrogen and oxygen atoms in total. The van der Waals surface area contributed by atoms with Gasteiger partial charge in [0.2, 0.25) is 0 Å². The fourth-order valence-electron chi connectivity index (χ4n) is 7.10. The third-order valence-corrected chi connectivity index (χ3v) is 10.4. The molecule has 0 unspecified atom stereocenters. The van der Waals surface area contributed by atoms with Crippen molar-refractivity contribution in [3.63, 3.8) is 0 Å². The summed E-state index contributed by atoms with van der Waals surface area (Å²) >= 11 is 0. The van der Waals surface area contributed by atoms with Crippen LogP contribution < -0.4 is 18.9 Å². The molecule has 0 heterocycles. The van der Waals surface area contributed by atoms with Crippen LogP contribution in [0.25, 0.3) is 44.8 Å². The van der Waals surface area contributed by atoms with Crippen molar-refractivity contribution in [3.05, 3.63) is 215 Å². The lowest BCUT2D eigenvalue weighted by molar-refractivity contribution is 0.0725. The Morgan fingerprint density at radius 1 is 0.371 bits per heavy atom. The van der Waals surface area contributed by atoms with Crippen molar-refractivity contribution in [3.8, 4) is 34.1 Å². The van der Waals surface area contributed by atoms with E-state index in [0.29, 0.717) is 45.3 Å². The van der Waals surface area contributed by atoms with Crippen molar-refractivity contribution in [2.75, 3.05) is 14.2 Å². The predicted octanol–water partition coefficient (Wildman–Crippen LogP) is 11.9. The number of carbonyl (C=O) groups is 4. The molecule has 0 aliphatic carbocycles. The highest BCUT2D eigenvalue weighted by Gasteiger charge is 2.17. The number of rotatable bonds is 13. The van der Waals surface area contributed by atoms with Gasteiger partial charge >= 0.3 is 11.9 Å². The first-order chi connectivity index (χ1) is 30.3. The lowest BCUT2D eigenvalue weighted by Crippen LogP contribution is -2.08. The largest absolute Gasteiger partial charge is 0.497 e. The van der Waals surface area contributed by atoms with Crippen LogP contribution in [0.3, 0.4) is 0 Å². The van der Waals surface area contributed by atoms with Crippen molar-refractivity contribution in [2.45, 2.75) is 0 Å². The van der Waals surface area contributed by atoms with Gasteiger partial charge in [0.15, 0.2) is 11.6 Å². The highest BCUT2D eigenvalue weighted by atomic mass is 16.5. The molecule has 0 atom stereocenters. The van der Waals surface area contributed by atoms with Crippen molar-refractivity contribution < 1.29 is 38.1 Å². The molecule has 62 heavy (non-hydrogen) atoms. The second-order valence-electron chi connectivity index (χ2n) is 14.2. The average molecular weight is 815 g/mol. The summed E-state index contributed by atoms with van der Waals surface area (Å²) in [5.41, 5.74) is 4.99. The third-order valence-electron chi connectivity index (χ3n) is 10.4. The summed E-state index contributed by atoms with van der Waals surface area (Å²) < 4.78 is 21.4. The van der Waals surface area contributed by atoms with Gasteiger partial charge in [-0.3, -0.25) is 9.59 Å². The van der Waals surface area contributed by atoms with Gasteiger partial charge in [0.25, 0.3) is 0 Å². The Hall–Kier alpha value is -8.36. The van der Waals surface area contributed by atoms with E-state index >= 15 is 0 Å². The molecule has 8 rings (SSSR count). The molecule has 0 aliphatic rings. The summed E-state index contributed by atoms with van der Waals surface area (Å²) in [6.07, 6.45) is 6.69. The highest BCUT2D eigenvalue weighted by Crippen LogP contribution is 2.40. The maximum atomic E-state index is 13.6. The molecular weight excluding hydrogens is 777 g/mol. The van der Waals surface area contributed by atoms with Crippen molar-refractivity contribution in [1.82, 2.24) is 0 Å². The van der Waals surface area contributed by atoms with Gasteiger partial charge in [0.05, 0.1) is 25.3 Å². The Labute approximate surface area is 357 Å². The molecular formula is C54H38O8. The van der Waals surface area contributed by atoms with Crippen LogP contribution in [0.5, 0.6) is 23.0 Å². The van der Waals surface area contributed by atoms with Gasteiger partial charge in [-0.15, -0.1) is 0 Å². The van der Waals surface area contributed by atoms with Crippen molar-refractivity contribution in [2.24, 2.45) is 0 Å². The molecule has 0 N–H and O–H groups in total. The lowest BCUT2D eigenvalue weighted by Gasteiger charge is -2.17. The van der Waals surface area contributed by atoms with E-state index in [0.717, 1.165) is 43.8 Å². The van der Waals surface area contributed by atoms with Gasteiger partial charge in [-0.2, -0.15) is 0 Å². The average Bonchev–Trinajstić information content (AvgIpc) is 3.32. The topological polar surface area (TPSA) is 105 Å². The number of hydrogen-bond donors (Lipinski definition) is 0. The molecule has 0 amide bonds. The van der Waals surface area contributed by atoms with Gasteiger partial charge < -0.3 is 18.9 Å². The SMILES string of the molecule is COc1ccc(C(=O)Oc2ccc(C(=O)/C=C\c3ccc4ccccc4c3-c3c(/C=C\C(=O)c4ccc(OC(=O)c5ccc(OC)cc5)cc4)ccc4ccccc34)cc2)cc1. The third kappa shape index (κ3) is 8.95. The molecule has 0 fully saturated rings. The molecule has 0 radical (unpaired) electrons. The smallest absolute Gasteiger partial charge is 0.343 e. The summed E-state index contributed by atoms with van der Waals surface area (Å²) in [5, 5.41) is 3.97. The van der Waals surface area contributed by atoms with Gasteiger partial charge in [-0.25, -0.2) is 9.59 Å². The first-order valence-electron chi connectivity index (χ1n) is 19.7. The van der Waals surface area contributed by atoms with E-state index in [1.807, 2.05) is 72.8 Å². The number of ketones is 2. The number of benzene rings is 8. The van der Waals surface area contributed by atoms with E-state index < -0.39 is 11.9 Å². The zero-order valence-corrected chi connectivity index (χ0v) is 33.7.